The highest BCUT2D eigenvalue weighted by molar-refractivity contribution is 6.06. The molecule has 1 aliphatic heterocycles. The maximum atomic E-state index is 12.1. The van der Waals surface area contributed by atoms with Gasteiger partial charge in [0.25, 0.3) is 0 Å². The Morgan fingerprint density at radius 3 is 2.88 bits per heavy atom. The summed E-state index contributed by atoms with van der Waals surface area (Å²) in [6.45, 7) is 0.152. The maximum Gasteiger partial charge on any atom is 0.320 e. The largest absolute Gasteiger partial charge is 0.469 e. The van der Waals surface area contributed by atoms with Crippen molar-refractivity contribution in [3.63, 3.8) is 0 Å². The molecule has 1 heterocycles. The number of ether oxygens (including phenoxy) is 2. The summed E-state index contributed by atoms with van der Waals surface area (Å²) in [4.78, 5) is 35.2. The molecule has 17 heavy (non-hydrogen) atoms. The number of ketones is 1. The first-order chi connectivity index (χ1) is 8.11. The van der Waals surface area contributed by atoms with Crippen LogP contribution in [0.15, 0.2) is 0 Å². The van der Waals surface area contributed by atoms with Gasteiger partial charge in [0, 0.05) is 12.3 Å². The molecule has 1 spiro atoms. The zero-order chi connectivity index (χ0) is 12.5. The van der Waals surface area contributed by atoms with Crippen molar-refractivity contribution in [2.45, 2.75) is 32.1 Å². The average Bonchev–Trinajstić information content (AvgIpc) is 2.62. The Morgan fingerprint density at radius 2 is 2.24 bits per heavy atom. The van der Waals surface area contributed by atoms with Gasteiger partial charge in [0.1, 0.15) is 5.41 Å². The average molecular weight is 240 g/mol. The van der Waals surface area contributed by atoms with Crippen molar-refractivity contribution in [3.05, 3.63) is 0 Å². The van der Waals surface area contributed by atoms with E-state index in [-0.39, 0.29) is 24.7 Å². The number of esters is 2. The summed E-state index contributed by atoms with van der Waals surface area (Å²) in [6.07, 6.45) is 2.64. The first-order valence-electron chi connectivity index (χ1n) is 5.88. The van der Waals surface area contributed by atoms with Crippen LogP contribution in [-0.4, -0.2) is 31.4 Å². The van der Waals surface area contributed by atoms with Crippen LogP contribution in [0.2, 0.25) is 0 Å². The van der Waals surface area contributed by atoms with Crippen molar-refractivity contribution in [3.8, 4) is 0 Å². The number of carbonyl (C=O) groups excluding carboxylic acids is 3. The molecule has 0 N–H and O–H groups in total. The lowest BCUT2D eigenvalue weighted by atomic mass is 9.65. The van der Waals surface area contributed by atoms with Gasteiger partial charge in [0.15, 0.2) is 5.78 Å². The fourth-order valence-electron chi connectivity index (χ4n) is 2.83. The van der Waals surface area contributed by atoms with Gasteiger partial charge >= 0.3 is 11.9 Å². The summed E-state index contributed by atoms with van der Waals surface area (Å²) in [5.74, 6) is -1.27. The van der Waals surface area contributed by atoms with Gasteiger partial charge in [-0.25, -0.2) is 0 Å². The van der Waals surface area contributed by atoms with Gasteiger partial charge in [-0.2, -0.15) is 0 Å². The van der Waals surface area contributed by atoms with Crippen LogP contribution in [0.3, 0.4) is 0 Å². The Labute approximate surface area is 99.5 Å². The van der Waals surface area contributed by atoms with E-state index in [1.54, 1.807) is 0 Å². The summed E-state index contributed by atoms with van der Waals surface area (Å²) in [5.41, 5.74) is -1.06. The van der Waals surface area contributed by atoms with Crippen LogP contribution in [0.1, 0.15) is 32.1 Å². The quantitative estimate of drug-likeness (QED) is 0.528. The second kappa shape index (κ2) is 4.47. The maximum absolute atomic E-state index is 12.1. The lowest BCUT2D eigenvalue weighted by molar-refractivity contribution is -0.154. The van der Waals surface area contributed by atoms with E-state index in [2.05, 4.69) is 4.74 Å². The van der Waals surface area contributed by atoms with Gasteiger partial charge in [-0.1, -0.05) is 6.42 Å². The van der Waals surface area contributed by atoms with Crippen molar-refractivity contribution >= 4 is 17.7 Å². The number of hydrogen-bond donors (Lipinski definition) is 0. The minimum Gasteiger partial charge on any atom is -0.469 e. The number of Topliss-reactive ketones (excluding diaryl/α,β-unsaturated/α-hetero) is 1. The van der Waals surface area contributed by atoms with Crippen LogP contribution in [0.5, 0.6) is 0 Å². The van der Waals surface area contributed by atoms with Crippen molar-refractivity contribution in [1.82, 2.24) is 0 Å². The molecule has 2 atom stereocenters. The normalized spacial score (nSPS) is 32.6. The highest BCUT2D eigenvalue weighted by Gasteiger charge is 2.58. The second-order valence-corrected chi connectivity index (χ2v) is 4.68. The Hall–Kier alpha value is -1.39. The highest BCUT2D eigenvalue weighted by Crippen LogP contribution is 2.46. The molecule has 0 aromatic rings. The fourth-order valence-corrected chi connectivity index (χ4v) is 2.83. The topological polar surface area (TPSA) is 69.7 Å². The number of cyclic esters (lactones) is 1. The Balaban J connectivity index is 2.23. The second-order valence-electron chi connectivity index (χ2n) is 4.68. The van der Waals surface area contributed by atoms with Crippen LogP contribution in [0.25, 0.3) is 0 Å². The summed E-state index contributed by atoms with van der Waals surface area (Å²) >= 11 is 0. The zero-order valence-corrected chi connectivity index (χ0v) is 9.86. The smallest absolute Gasteiger partial charge is 0.320 e. The number of rotatable bonds is 2. The van der Waals surface area contributed by atoms with E-state index in [1.807, 2.05) is 0 Å². The van der Waals surface area contributed by atoms with Crippen LogP contribution >= 0.6 is 0 Å². The van der Waals surface area contributed by atoms with Crippen LogP contribution in [0.4, 0.5) is 0 Å². The van der Waals surface area contributed by atoms with E-state index in [9.17, 15) is 14.4 Å². The molecule has 0 aromatic heterocycles. The predicted octanol–water partition coefficient (Wildman–Crippen LogP) is 0.852. The van der Waals surface area contributed by atoms with E-state index in [0.717, 1.165) is 12.8 Å². The van der Waals surface area contributed by atoms with Crippen molar-refractivity contribution in [2.75, 3.05) is 13.7 Å². The summed E-state index contributed by atoms with van der Waals surface area (Å²) < 4.78 is 9.61. The predicted molar refractivity (Wildman–Crippen MR) is 57.0 cm³/mol. The van der Waals surface area contributed by atoms with E-state index >= 15 is 0 Å². The Bertz CT molecular complexity index is 362. The van der Waals surface area contributed by atoms with Gasteiger partial charge < -0.3 is 9.47 Å². The van der Waals surface area contributed by atoms with Crippen molar-refractivity contribution in [2.24, 2.45) is 11.3 Å². The van der Waals surface area contributed by atoms with Crippen LogP contribution in [-0.2, 0) is 23.9 Å². The Morgan fingerprint density at radius 1 is 1.47 bits per heavy atom. The molecular weight excluding hydrogens is 224 g/mol. The van der Waals surface area contributed by atoms with Crippen LogP contribution < -0.4 is 0 Å². The molecule has 94 valence electrons. The molecule has 0 amide bonds. The summed E-state index contributed by atoms with van der Waals surface area (Å²) in [5, 5.41) is 0. The SMILES string of the molecule is COC(=O)CC1COC(=O)[C@@]12CCCCC2=O. The lowest BCUT2D eigenvalue weighted by Crippen LogP contribution is -2.44. The van der Waals surface area contributed by atoms with Crippen molar-refractivity contribution < 1.29 is 23.9 Å². The molecule has 0 radical (unpaired) electrons. The van der Waals surface area contributed by atoms with Gasteiger partial charge in [0.2, 0.25) is 0 Å². The van der Waals surface area contributed by atoms with Gasteiger partial charge in [-0.15, -0.1) is 0 Å². The molecule has 0 bridgehead atoms. The van der Waals surface area contributed by atoms with E-state index < -0.39 is 17.4 Å². The highest BCUT2D eigenvalue weighted by atomic mass is 16.5. The standard InChI is InChI=1S/C12H16O5/c1-16-10(14)6-8-7-17-11(15)12(8)5-3-2-4-9(12)13/h8H,2-7H2,1H3/t8?,12-/m0/s1. The molecule has 1 aliphatic carbocycles. The fraction of sp³-hybridized carbons (Fsp3) is 0.750. The van der Waals surface area contributed by atoms with E-state index in [1.165, 1.54) is 7.11 Å². The first-order valence-corrected chi connectivity index (χ1v) is 5.88. The molecular formula is C12H16O5. The summed E-state index contributed by atoms with van der Waals surface area (Å²) in [7, 11) is 1.30. The molecule has 5 heteroatoms. The third-order valence-corrected chi connectivity index (χ3v) is 3.84. The Kier molecular flexibility index (Phi) is 3.17. The zero-order valence-electron chi connectivity index (χ0n) is 9.86. The van der Waals surface area contributed by atoms with Crippen molar-refractivity contribution in [1.29, 1.82) is 0 Å². The molecule has 2 fully saturated rings. The molecule has 2 aliphatic rings. The molecule has 0 aromatic carbocycles. The summed E-state index contributed by atoms with van der Waals surface area (Å²) in [6, 6.07) is 0. The molecule has 1 saturated heterocycles. The number of carbonyl (C=O) groups is 3. The number of hydrogen-bond acceptors (Lipinski definition) is 5. The van der Waals surface area contributed by atoms with Gasteiger partial charge in [-0.3, -0.25) is 14.4 Å². The molecule has 1 unspecified atom stereocenters. The molecule has 2 rings (SSSR count). The van der Waals surface area contributed by atoms with Gasteiger partial charge in [-0.05, 0) is 12.8 Å². The first kappa shape index (κ1) is 12.1. The molecule has 5 nitrogen and oxygen atoms in total. The van der Waals surface area contributed by atoms with E-state index in [4.69, 9.17) is 4.74 Å². The lowest BCUT2D eigenvalue weighted by Gasteiger charge is -2.32. The monoisotopic (exact) mass is 240 g/mol. The van der Waals surface area contributed by atoms with Crippen LogP contribution in [0, 0.1) is 11.3 Å². The minimum absolute atomic E-state index is 0.0693. The third-order valence-electron chi connectivity index (χ3n) is 3.84. The minimum atomic E-state index is -1.06. The van der Waals surface area contributed by atoms with E-state index in [0.29, 0.717) is 12.8 Å². The van der Waals surface area contributed by atoms with Gasteiger partial charge in [0.05, 0.1) is 20.1 Å². The number of methoxy groups -OCH3 is 1. The third kappa shape index (κ3) is 1.83. The molecule has 1 saturated carbocycles.